The van der Waals surface area contributed by atoms with Crippen molar-refractivity contribution in [3.05, 3.63) is 40.2 Å². The molecule has 1 saturated carbocycles. The van der Waals surface area contributed by atoms with Gasteiger partial charge in [0, 0.05) is 30.7 Å². The SMILES string of the molecule is CN(CCNC(=O)CNc1c(C=N)c(=O)oc2ccccc12)C1CCCCC1. The number of likely N-dealkylation sites (N-methyl/N-ethyl adjacent to an activating group) is 1. The monoisotopic (exact) mass is 384 g/mol. The third-order valence-corrected chi connectivity index (χ3v) is 5.40. The summed E-state index contributed by atoms with van der Waals surface area (Å²) in [5.74, 6) is -0.148. The molecule has 0 atom stereocenters. The van der Waals surface area contributed by atoms with Gasteiger partial charge >= 0.3 is 5.63 Å². The zero-order valence-electron chi connectivity index (χ0n) is 16.3. The van der Waals surface area contributed by atoms with Crippen LogP contribution in [0.4, 0.5) is 5.69 Å². The Bertz CT molecular complexity index is 887. The van der Waals surface area contributed by atoms with Crippen molar-refractivity contribution in [1.82, 2.24) is 10.2 Å². The number of nitrogens with zero attached hydrogens (tertiary/aromatic N) is 1. The summed E-state index contributed by atoms with van der Waals surface area (Å²) in [4.78, 5) is 26.6. The Kier molecular flexibility index (Phi) is 6.81. The van der Waals surface area contributed by atoms with Crippen molar-refractivity contribution in [2.45, 2.75) is 38.1 Å². The summed E-state index contributed by atoms with van der Waals surface area (Å²) in [5, 5.41) is 14.1. The van der Waals surface area contributed by atoms with Crippen molar-refractivity contribution in [2.24, 2.45) is 0 Å². The minimum absolute atomic E-state index is 0.0292. The number of carbonyl (C=O) groups is 1. The molecular formula is C21H28N4O3. The van der Waals surface area contributed by atoms with Gasteiger partial charge in [0.15, 0.2) is 0 Å². The van der Waals surface area contributed by atoms with Crippen molar-refractivity contribution in [3.8, 4) is 0 Å². The molecule has 1 aromatic carbocycles. The van der Waals surface area contributed by atoms with Gasteiger partial charge in [-0.15, -0.1) is 0 Å². The van der Waals surface area contributed by atoms with Crippen molar-refractivity contribution < 1.29 is 9.21 Å². The smallest absolute Gasteiger partial charge is 0.347 e. The molecular weight excluding hydrogens is 356 g/mol. The van der Waals surface area contributed by atoms with Gasteiger partial charge in [0.1, 0.15) is 11.1 Å². The molecule has 0 bridgehead atoms. The molecule has 1 amide bonds. The summed E-state index contributed by atoms with van der Waals surface area (Å²) in [6.45, 7) is 1.43. The Morgan fingerprint density at radius 3 is 2.79 bits per heavy atom. The molecule has 1 aromatic heterocycles. The average molecular weight is 384 g/mol. The number of amides is 1. The van der Waals surface area contributed by atoms with Crippen LogP contribution in [0.3, 0.4) is 0 Å². The van der Waals surface area contributed by atoms with Gasteiger partial charge in [-0.25, -0.2) is 4.79 Å². The number of fused-ring (bicyclic) bond motifs is 1. The molecule has 3 rings (SSSR count). The van der Waals surface area contributed by atoms with Crippen LogP contribution in [-0.2, 0) is 4.79 Å². The van der Waals surface area contributed by atoms with E-state index in [1.807, 2.05) is 6.07 Å². The maximum absolute atomic E-state index is 12.2. The lowest BCUT2D eigenvalue weighted by molar-refractivity contribution is -0.119. The standard InChI is InChI=1S/C21H28N4O3/c1-25(15-7-3-2-4-8-15)12-11-23-19(26)14-24-20-16-9-5-6-10-18(16)28-21(27)17(20)13-22/h5-6,9-10,13,15,22,24H,2-4,7-8,11-12,14H2,1H3,(H,23,26). The van der Waals surface area contributed by atoms with E-state index in [2.05, 4.69) is 22.6 Å². The van der Waals surface area contributed by atoms with Crippen LogP contribution >= 0.6 is 0 Å². The van der Waals surface area contributed by atoms with E-state index >= 15 is 0 Å². The van der Waals surface area contributed by atoms with Gasteiger partial charge in [-0.05, 0) is 32.0 Å². The molecule has 0 unspecified atom stereocenters. The Balaban J connectivity index is 1.56. The van der Waals surface area contributed by atoms with Crippen LogP contribution in [0.2, 0.25) is 0 Å². The Labute approximate surface area is 164 Å². The van der Waals surface area contributed by atoms with Gasteiger partial charge in [0.25, 0.3) is 0 Å². The van der Waals surface area contributed by atoms with Gasteiger partial charge in [-0.1, -0.05) is 31.4 Å². The molecule has 0 aliphatic heterocycles. The minimum atomic E-state index is -0.592. The lowest BCUT2D eigenvalue weighted by atomic mass is 9.94. The van der Waals surface area contributed by atoms with Crippen LogP contribution in [0, 0.1) is 5.41 Å². The molecule has 150 valence electrons. The molecule has 1 fully saturated rings. The topological polar surface area (TPSA) is 98.4 Å². The summed E-state index contributed by atoms with van der Waals surface area (Å²) in [6.07, 6.45) is 7.35. The summed E-state index contributed by atoms with van der Waals surface area (Å²) in [5.41, 5.74) is 0.403. The predicted octanol–water partition coefficient (Wildman–Crippen LogP) is 2.58. The van der Waals surface area contributed by atoms with E-state index in [1.165, 1.54) is 32.1 Å². The molecule has 3 N–H and O–H groups in total. The zero-order valence-corrected chi connectivity index (χ0v) is 16.3. The van der Waals surface area contributed by atoms with E-state index in [1.54, 1.807) is 18.2 Å². The first-order chi connectivity index (χ1) is 13.6. The van der Waals surface area contributed by atoms with Crippen LogP contribution in [0.5, 0.6) is 0 Å². The van der Waals surface area contributed by atoms with Gasteiger partial charge in [0.05, 0.1) is 12.2 Å². The Hall–Kier alpha value is -2.67. The Morgan fingerprint density at radius 2 is 2.04 bits per heavy atom. The van der Waals surface area contributed by atoms with Crippen LogP contribution in [0.15, 0.2) is 33.5 Å². The fraction of sp³-hybridized carbons (Fsp3) is 0.476. The zero-order chi connectivity index (χ0) is 19.9. The number of benzene rings is 1. The van der Waals surface area contributed by atoms with E-state index in [-0.39, 0.29) is 18.0 Å². The van der Waals surface area contributed by atoms with Gasteiger partial charge < -0.3 is 25.4 Å². The second kappa shape index (κ2) is 9.50. The molecule has 0 radical (unpaired) electrons. The summed E-state index contributed by atoms with van der Waals surface area (Å²) in [6, 6.07) is 7.70. The third kappa shape index (κ3) is 4.78. The molecule has 7 nitrogen and oxygen atoms in total. The molecule has 1 aliphatic carbocycles. The van der Waals surface area contributed by atoms with Crippen molar-refractivity contribution >= 4 is 28.8 Å². The summed E-state index contributed by atoms with van der Waals surface area (Å²) in [7, 11) is 2.12. The summed E-state index contributed by atoms with van der Waals surface area (Å²) < 4.78 is 5.23. The maximum Gasteiger partial charge on any atom is 0.347 e. The normalized spacial score (nSPS) is 14.9. The average Bonchev–Trinajstić information content (AvgIpc) is 2.72. The van der Waals surface area contributed by atoms with Gasteiger partial charge in [0.2, 0.25) is 5.91 Å². The molecule has 1 heterocycles. The fourth-order valence-electron chi connectivity index (χ4n) is 3.79. The van der Waals surface area contributed by atoms with Gasteiger partial charge in [-0.2, -0.15) is 0 Å². The van der Waals surface area contributed by atoms with E-state index in [4.69, 9.17) is 9.83 Å². The maximum atomic E-state index is 12.2. The highest BCUT2D eigenvalue weighted by molar-refractivity contribution is 6.00. The lowest BCUT2D eigenvalue weighted by Gasteiger charge is -2.31. The van der Waals surface area contributed by atoms with E-state index in [9.17, 15) is 9.59 Å². The third-order valence-electron chi connectivity index (χ3n) is 5.40. The number of carbonyl (C=O) groups excluding carboxylic acids is 1. The Morgan fingerprint density at radius 1 is 1.29 bits per heavy atom. The van der Waals surface area contributed by atoms with E-state index in [0.29, 0.717) is 29.2 Å². The molecule has 7 heteroatoms. The first-order valence-corrected chi connectivity index (χ1v) is 9.87. The minimum Gasteiger partial charge on any atom is -0.422 e. The molecule has 28 heavy (non-hydrogen) atoms. The quantitative estimate of drug-likeness (QED) is 0.480. The number of para-hydroxylation sites is 1. The van der Waals surface area contributed by atoms with Crippen molar-refractivity contribution in [2.75, 3.05) is 32.0 Å². The van der Waals surface area contributed by atoms with Gasteiger partial charge in [-0.3, -0.25) is 4.79 Å². The number of rotatable bonds is 8. The molecule has 0 saturated heterocycles. The highest BCUT2D eigenvalue weighted by atomic mass is 16.4. The highest BCUT2D eigenvalue weighted by Crippen LogP contribution is 2.24. The molecule has 1 aliphatic rings. The largest absolute Gasteiger partial charge is 0.422 e. The number of hydrogen-bond donors (Lipinski definition) is 3. The molecule has 0 spiro atoms. The first kappa shape index (κ1) is 20.1. The molecule has 2 aromatic rings. The number of nitrogens with one attached hydrogen (secondary N) is 3. The first-order valence-electron chi connectivity index (χ1n) is 9.87. The van der Waals surface area contributed by atoms with E-state index < -0.39 is 5.63 Å². The second-order valence-corrected chi connectivity index (χ2v) is 7.29. The number of hydrogen-bond acceptors (Lipinski definition) is 6. The highest BCUT2D eigenvalue weighted by Gasteiger charge is 2.18. The second-order valence-electron chi connectivity index (χ2n) is 7.29. The van der Waals surface area contributed by atoms with E-state index in [0.717, 1.165) is 12.8 Å². The predicted molar refractivity (Wildman–Crippen MR) is 111 cm³/mol. The van der Waals surface area contributed by atoms with Crippen molar-refractivity contribution in [1.29, 1.82) is 5.41 Å². The van der Waals surface area contributed by atoms with Crippen LogP contribution in [-0.4, -0.2) is 49.7 Å². The summed E-state index contributed by atoms with van der Waals surface area (Å²) >= 11 is 0. The van der Waals surface area contributed by atoms with Crippen molar-refractivity contribution in [3.63, 3.8) is 0 Å². The van der Waals surface area contributed by atoms with Crippen LogP contribution < -0.4 is 16.3 Å². The fourth-order valence-corrected chi connectivity index (χ4v) is 3.79. The lowest BCUT2D eigenvalue weighted by Crippen LogP contribution is -2.40. The van der Waals surface area contributed by atoms with Crippen LogP contribution in [0.1, 0.15) is 37.7 Å². The number of anilines is 1. The van der Waals surface area contributed by atoms with Crippen LogP contribution in [0.25, 0.3) is 11.0 Å².